The summed E-state index contributed by atoms with van der Waals surface area (Å²) in [6, 6.07) is 4.45. The maximum Gasteiger partial charge on any atom is 0.251 e. The Morgan fingerprint density at radius 2 is 1.97 bits per heavy atom. The van der Waals surface area contributed by atoms with Crippen LogP contribution in [0, 0.1) is 5.82 Å². The van der Waals surface area contributed by atoms with E-state index < -0.39 is 33.2 Å². The number of likely N-dealkylation sites (N-methyl/N-ethyl adjacent to an activating group) is 1. The lowest BCUT2D eigenvalue weighted by Crippen LogP contribution is -2.30. The highest BCUT2D eigenvalue weighted by Gasteiger charge is 2.27. The Morgan fingerprint density at radius 1 is 1.28 bits per heavy atom. The van der Waals surface area contributed by atoms with E-state index in [9.17, 15) is 22.4 Å². The third-order valence-corrected chi connectivity index (χ3v) is 7.72. The minimum absolute atomic E-state index is 0.0456. The molecule has 1 aliphatic heterocycles. The summed E-state index contributed by atoms with van der Waals surface area (Å²) >= 11 is 1.30. The third-order valence-electron chi connectivity index (χ3n) is 4.85. The summed E-state index contributed by atoms with van der Waals surface area (Å²) in [5.41, 5.74) is 6.71. The van der Waals surface area contributed by atoms with Crippen molar-refractivity contribution in [2.24, 2.45) is 5.73 Å². The van der Waals surface area contributed by atoms with Crippen LogP contribution in [-0.4, -0.2) is 44.0 Å². The number of rotatable bonds is 7. The largest absolute Gasteiger partial charge is 0.365 e. The second-order valence-corrected chi connectivity index (χ2v) is 9.98. The van der Waals surface area contributed by atoms with E-state index in [1.54, 1.807) is 0 Å². The van der Waals surface area contributed by atoms with Crippen molar-refractivity contribution in [3.63, 3.8) is 0 Å². The fraction of sp³-hybridized carbons (Fsp3) is 0.368. The lowest BCUT2D eigenvalue weighted by molar-refractivity contribution is -0.115. The van der Waals surface area contributed by atoms with Crippen LogP contribution in [0.1, 0.15) is 34.1 Å². The highest BCUT2D eigenvalue weighted by atomic mass is 32.2. The van der Waals surface area contributed by atoms with Crippen molar-refractivity contribution in [1.82, 2.24) is 4.90 Å². The van der Waals surface area contributed by atoms with Gasteiger partial charge in [0.2, 0.25) is 5.91 Å². The molecule has 0 aliphatic carbocycles. The van der Waals surface area contributed by atoms with Crippen molar-refractivity contribution in [1.29, 1.82) is 0 Å². The number of hydrogen-bond donors (Lipinski definition) is 2. The molecule has 0 spiro atoms. The van der Waals surface area contributed by atoms with E-state index in [1.807, 2.05) is 0 Å². The molecule has 1 aromatic heterocycles. The molecule has 2 amide bonds. The Hall–Kier alpha value is -2.30. The summed E-state index contributed by atoms with van der Waals surface area (Å²) < 4.78 is 37.6. The van der Waals surface area contributed by atoms with Gasteiger partial charge in [0.1, 0.15) is 10.8 Å². The predicted octanol–water partition coefficient (Wildman–Crippen LogP) is 2.17. The number of primary amides is 1. The fourth-order valence-electron chi connectivity index (χ4n) is 3.25. The highest BCUT2D eigenvalue weighted by molar-refractivity contribution is 7.91. The Morgan fingerprint density at radius 3 is 2.59 bits per heavy atom. The van der Waals surface area contributed by atoms with Crippen LogP contribution in [-0.2, 0) is 27.6 Å². The zero-order chi connectivity index (χ0) is 21.2. The van der Waals surface area contributed by atoms with Crippen LogP contribution in [0.5, 0.6) is 0 Å². The number of hydrogen-bond acceptors (Lipinski definition) is 6. The molecule has 10 heteroatoms. The summed E-state index contributed by atoms with van der Waals surface area (Å²) in [4.78, 5) is 27.5. The van der Waals surface area contributed by atoms with Crippen LogP contribution in [0.15, 0.2) is 29.2 Å². The van der Waals surface area contributed by atoms with Gasteiger partial charge in [-0.15, -0.1) is 11.3 Å². The second kappa shape index (κ2) is 8.60. The van der Waals surface area contributed by atoms with Gasteiger partial charge in [-0.1, -0.05) is 6.92 Å². The van der Waals surface area contributed by atoms with E-state index in [0.29, 0.717) is 23.5 Å². The molecule has 7 nitrogen and oxygen atoms in total. The number of nitrogens with zero attached hydrogens (tertiary/aromatic N) is 1. The molecule has 2 heterocycles. The Kier molecular flexibility index (Phi) is 6.35. The number of thiophene rings is 1. The quantitative estimate of drug-likeness (QED) is 0.643. The molecule has 29 heavy (non-hydrogen) atoms. The van der Waals surface area contributed by atoms with Crippen LogP contribution >= 0.6 is 11.3 Å². The smallest absolute Gasteiger partial charge is 0.251 e. The minimum Gasteiger partial charge on any atom is -0.365 e. The van der Waals surface area contributed by atoms with Crippen LogP contribution in [0.25, 0.3) is 0 Å². The van der Waals surface area contributed by atoms with Gasteiger partial charge in [-0.05, 0) is 42.8 Å². The molecule has 1 aromatic carbocycles. The number of carbonyl (C=O) groups is 2. The van der Waals surface area contributed by atoms with Gasteiger partial charge in [0.15, 0.2) is 9.84 Å². The summed E-state index contributed by atoms with van der Waals surface area (Å²) in [5, 5.41) is 3.02. The standard InChI is InChI=1S/C19H22FN3O4S2/c1-2-23-9-7-14-15(11-23)28-19(17(14)18(21)25)22-16(24)8-10-29(26,27)13-5-3-12(20)4-6-13/h3-6H,2,7-11H2,1H3,(H2,21,25)(H,22,24). The van der Waals surface area contributed by atoms with Crippen LogP contribution in [0.2, 0.25) is 0 Å². The third kappa shape index (κ3) is 4.82. The molecule has 1 aliphatic rings. The van der Waals surface area contributed by atoms with Gasteiger partial charge in [0.05, 0.1) is 16.2 Å². The molecule has 3 rings (SSSR count). The van der Waals surface area contributed by atoms with E-state index in [2.05, 4.69) is 17.1 Å². The first-order valence-corrected chi connectivity index (χ1v) is 11.6. The summed E-state index contributed by atoms with van der Waals surface area (Å²) in [7, 11) is -3.73. The first-order chi connectivity index (χ1) is 13.7. The lowest BCUT2D eigenvalue weighted by Gasteiger charge is -2.25. The maximum absolute atomic E-state index is 13.0. The number of halogens is 1. The van der Waals surface area contributed by atoms with Gasteiger partial charge in [-0.25, -0.2) is 12.8 Å². The number of fused-ring (bicyclic) bond motifs is 1. The minimum atomic E-state index is -3.73. The Labute approximate surface area is 172 Å². The van der Waals surface area contributed by atoms with E-state index >= 15 is 0 Å². The van der Waals surface area contributed by atoms with Crippen LogP contribution < -0.4 is 11.1 Å². The van der Waals surface area contributed by atoms with Crippen LogP contribution in [0.3, 0.4) is 0 Å². The summed E-state index contributed by atoms with van der Waals surface area (Å²) in [6.07, 6.45) is 0.383. The van der Waals surface area contributed by atoms with Gasteiger partial charge in [0, 0.05) is 24.4 Å². The van der Waals surface area contributed by atoms with Crippen molar-refractivity contribution in [3.05, 3.63) is 46.1 Å². The molecular weight excluding hydrogens is 417 g/mol. The summed E-state index contributed by atoms with van der Waals surface area (Å²) in [6.45, 7) is 4.43. The predicted molar refractivity (Wildman–Crippen MR) is 109 cm³/mol. The van der Waals surface area contributed by atoms with Gasteiger partial charge in [-0.3, -0.25) is 14.5 Å². The molecule has 0 atom stereocenters. The average molecular weight is 440 g/mol. The number of sulfone groups is 1. The van der Waals surface area contributed by atoms with E-state index in [1.165, 1.54) is 23.5 Å². The number of amides is 2. The molecular formula is C19H22FN3O4S2. The lowest BCUT2D eigenvalue weighted by atomic mass is 10.0. The SMILES string of the molecule is CCN1CCc2c(sc(NC(=O)CCS(=O)(=O)c3ccc(F)cc3)c2C(N)=O)C1. The van der Waals surface area contributed by atoms with E-state index in [-0.39, 0.29) is 11.3 Å². The number of nitrogens with one attached hydrogen (secondary N) is 1. The number of anilines is 1. The first kappa shape index (κ1) is 21.4. The van der Waals surface area contributed by atoms with Crippen molar-refractivity contribution in [3.8, 4) is 0 Å². The second-order valence-electron chi connectivity index (χ2n) is 6.76. The molecule has 0 unspecified atom stereocenters. The van der Waals surface area contributed by atoms with E-state index in [0.717, 1.165) is 35.7 Å². The molecule has 0 fully saturated rings. The van der Waals surface area contributed by atoms with Crippen molar-refractivity contribution in [2.75, 3.05) is 24.2 Å². The van der Waals surface area contributed by atoms with Gasteiger partial charge >= 0.3 is 0 Å². The van der Waals surface area contributed by atoms with E-state index in [4.69, 9.17) is 5.73 Å². The number of nitrogens with two attached hydrogens (primary N) is 1. The van der Waals surface area contributed by atoms with Crippen LogP contribution in [0.4, 0.5) is 9.39 Å². The summed E-state index contributed by atoms with van der Waals surface area (Å²) in [5.74, 6) is -2.10. The first-order valence-electron chi connectivity index (χ1n) is 9.16. The normalized spacial score (nSPS) is 14.4. The zero-order valence-electron chi connectivity index (χ0n) is 15.9. The maximum atomic E-state index is 13.0. The number of carbonyl (C=O) groups excluding carboxylic acids is 2. The fourth-order valence-corrected chi connectivity index (χ4v) is 5.80. The topological polar surface area (TPSA) is 110 Å². The molecule has 2 aromatic rings. The monoisotopic (exact) mass is 439 g/mol. The van der Waals surface area contributed by atoms with Crippen molar-refractivity contribution in [2.45, 2.75) is 31.2 Å². The van der Waals surface area contributed by atoms with Gasteiger partial charge < -0.3 is 11.1 Å². The molecule has 0 saturated heterocycles. The number of benzene rings is 1. The molecule has 156 valence electrons. The molecule has 0 saturated carbocycles. The highest BCUT2D eigenvalue weighted by Crippen LogP contribution is 2.37. The average Bonchev–Trinajstić information content (AvgIpc) is 3.03. The van der Waals surface area contributed by atoms with Gasteiger partial charge in [0.25, 0.3) is 5.91 Å². The Balaban J connectivity index is 1.71. The molecule has 0 bridgehead atoms. The zero-order valence-corrected chi connectivity index (χ0v) is 17.5. The van der Waals surface area contributed by atoms with Crippen molar-refractivity contribution < 1.29 is 22.4 Å². The van der Waals surface area contributed by atoms with Crippen molar-refractivity contribution >= 4 is 38.0 Å². The molecule has 0 radical (unpaired) electrons. The molecule has 3 N–H and O–H groups in total. The van der Waals surface area contributed by atoms with Gasteiger partial charge in [-0.2, -0.15) is 0 Å². The Bertz CT molecular complexity index is 1030.